The van der Waals surface area contributed by atoms with Gasteiger partial charge in [-0.1, -0.05) is 24.3 Å². The summed E-state index contributed by atoms with van der Waals surface area (Å²) in [6.07, 6.45) is -0.346. The highest BCUT2D eigenvalue weighted by molar-refractivity contribution is 5.75. The number of nitrogens with zero attached hydrogens (tertiary/aromatic N) is 1. The number of rotatable bonds is 6. The van der Waals surface area contributed by atoms with Gasteiger partial charge in [0.05, 0.1) is 12.0 Å². The molecular formula is C14H21NO3. The lowest BCUT2D eigenvalue weighted by Crippen LogP contribution is -2.26. The van der Waals surface area contributed by atoms with Crippen molar-refractivity contribution in [3.05, 3.63) is 35.4 Å². The monoisotopic (exact) mass is 251 g/mol. The molecule has 2 unspecified atom stereocenters. The van der Waals surface area contributed by atoms with Gasteiger partial charge in [0.1, 0.15) is 0 Å². The zero-order valence-electron chi connectivity index (χ0n) is 11.1. The number of carbonyl (C=O) groups is 1. The first kappa shape index (κ1) is 14.7. The van der Waals surface area contributed by atoms with Crippen molar-refractivity contribution in [1.82, 2.24) is 4.90 Å². The number of likely N-dealkylation sites (N-methyl/N-ethyl adjacent to an activating group) is 1. The van der Waals surface area contributed by atoms with E-state index in [0.717, 1.165) is 17.7 Å². The number of aliphatic hydroxyl groups excluding tert-OH is 1. The second kappa shape index (κ2) is 6.52. The minimum absolute atomic E-state index is 0.346. The Labute approximate surface area is 108 Å². The van der Waals surface area contributed by atoms with Crippen LogP contribution < -0.4 is 0 Å². The Balaban J connectivity index is 2.63. The first-order valence-corrected chi connectivity index (χ1v) is 6.08. The largest absolute Gasteiger partial charge is 0.481 e. The summed E-state index contributed by atoms with van der Waals surface area (Å²) in [6, 6.07) is 7.58. The topological polar surface area (TPSA) is 60.8 Å². The maximum Gasteiger partial charge on any atom is 0.310 e. The van der Waals surface area contributed by atoms with Crippen molar-refractivity contribution in [3.8, 4) is 0 Å². The van der Waals surface area contributed by atoms with Crippen molar-refractivity contribution in [2.45, 2.75) is 32.4 Å². The molecule has 100 valence electrons. The molecule has 0 radical (unpaired) electrons. The van der Waals surface area contributed by atoms with Gasteiger partial charge < -0.3 is 10.2 Å². The molecule has 1 aromatic rings. The molecule has 0 spiro atoms. The Morgan fingerprint density at radius 3 is 2.28 bits per heavy atom. The summed E-state index contributed by atoms with van der Waals surface area (Å²) in [6.45, 7) is 4.80. The minimum atomic E-state index is -0.811. The molecule has 1 rings (SSSR count). The van der Waals surface area contributed by atoms with Crippen molar-refractivity contribution in [1.29, 1.82) is 0 Å². The number of aliphatic hydroxyl groups is 1. The van der Waals surface area contributed by atoms with Gasteiger partial charge in [0, 0.05) is 13.1 Å². The van der Waals surface area contributed by atoms with Crippen molar-refractivity contribution in [2.24, 2.45) is 0 Å². The molecule has 0 saturated heterocycles. The number of aliphatic carboxylic acids is 1. The van der Waals surface area contributed by atoms with Gasteiger partial charge in [0.25, 0.3) is 0 Å². The Morgan fingerprint density at radius 1 is 1.28 bits per heavy atom. The van der Waals surface area contributed by atoms with Crippen molar-refractivity contribution >= 4 is 5.97 Å². The van der Waals surface area contributed by atoms with Crippen molar-refractivity contribution in [2.75, 3.05) is 13.6 Å². The van der Waals surface area contributed by atoms with E-state index in [4.69, 9.17) is 5.11 Å². The van der Waals surface area contributed by atoms with E-state index in [1.54, 1.807) is 13.8 Å². The molecule has 0 fully saturated rings. The number of carboxylic acids is 1. The first-order valence-electron chi connectivity index (χ1n) is 6.08. The maximum absolute atomic E-state index is 10.8. The Hall–Kier alpha value is -1.39. The number of carboxylic acid groups (broad SMARTS) is 1. The fourth-order valence-electron chi connectivity index (χ4n) is 1.88. The third kappa shape index (κ3) is 4.47. The lowest BCUT2D eigenvalue weighted by molar-refractivity contribution is -0.138. The van der Waals surface area contributed by atoms with Crippen LogP contribution in [0, 0.1) is 0 Å². The third-order valence-corrected chi connectivity index (χ3v) is 2.88. The summed E-state index contributed by atoms with van der Waals surface area (Å²) < 4.78 is 0. The molecule has 2 atom stereocenters. The minimum Gasteiger partial charge on any atom is -0.481 e. The van der Waals surface area contributed by atoms with Crippen LogP contribution in [0.4, 0.5) is 0 Å². The van der Waals surface area contributed by atoms with E-state index in [1.807, 2.05) is 36.2 Å². The van der Waals surface area contributed by atoms with Crippen LogP contribution in [0.2, 0.25) is 0 Å². The van der Waals surface area contributed by atoms with E-state index in [-0.39, 0.29) is 6.10 Å². The number of hydrogen-bond acceptors (Lipinski definition) is 3. The van der Waals surface area contributed by atoms with E-state index in [0.29, 0.717) is 6.54 Å². The summed E-state index contributed by atoms with van der Waals surface area (Å²) in [5, 5.41) is 18.2. The van der Waals surface area contributed by atoms with Crippen LogP contribution in [-0.4, -0.2) is 40.8 Å². The van der Waals surface area contributed by atoms with E-state index < -0.39 is 11.9 Å². The van der Waals surface area contributed by atoms with Gasteiger partial charge in [-0.3, -0.25) is 9.69 Å². The van der Waals surface area contributed by atoms with E-state index in [1.165, 1.54) is 0 Å². The van der Waals surface area contributed by atoms with Crippen molar-refractivity contribution in [3.63, 3.8) is 0 Å². The molecule has 0 aliphatic carbocycles. The smallest absolute Gasteiger partial charge is 0.310 e. The maximum atomic E-state index is 10.8. The summed E-state index contributed by atoms with van der Waals surface area (Å²) in [7, 11) is 1.94. The molecule has 0 heterocycles. The highest BCUT2D eigenvalue weighted by Crippen LogP contribution is 2.16. The highest BCUT2D eigenvalue weighted by Gasteiger charge is 2.13. The summed E-state index contributed by atoms with van der Waals surface area (Å²) in [5.41, 5.74) is 1.92. The summed E-state index contributed by atoms with van der Waals surface area (Å²) >= 11 is 0. The van der Waals surface area contributed by atoms with E-state index in [9.17, 15) is 9.90 Å². The summed E-state index contributed by atoms with van der Waals surface area (Å²) in [5.74, 6) is -1.29. The molecule has 0 saturated carbocycles. The highest BCUT2D eigenvalue weighted by atomic mass is 16.4. The predicted octanol–water partition coefficient (Wildman–Crippen LogP) is 1.69. The average Bonchev–Trinajstić information content (AvgIpc) is 2.27. The zero-order valence-corrected chi connectivity index (χ0v) is 11.1. The second-order valence-electron chi connectivity index (χ2n) is 4.85. The number of benzene rings is 1. The molecule has 0 amide bonds. The third-order valence-electron chi connectivity index (χ3n) is 2.88. The van der Waals surface area contributed by atoms with Gasteiger partial charge in [0.2, 0.25) is 0 Å². The lowest BCUT2D eigenvalue weighted by Gasteiger charge is -2.18. The van der Waals surface area contributed by atoms with E-state index in [2.05, 4.69) is 0 Å². The van der Waals surface area contributed by atoms with E-state index >= 15 is 0 Å². The number of hydrogen-bond donors (Lipinski definition) is 2. The molecular weight excluding hydrogens is 230 g/mol. The van der Waals surface area contributed by atoms with Crippen molar-refractivity contribution < 1.29 is 15.0 Å². The fraction of sp³-hybridized carbons (Fsp3) is 0.500. The van der Waals surface area contributed by atoms with Gasteiger partial charge >= 0.3 is 5.97 Å². The summed E-state index contributed by atoms with van der Waals surface area (Å²) in [4.78, 5) is 12.9. The Kier molecular flexibility index (Phi) is 5.31. The molecule has 1 aromatic carbocycles. The Morgan fingerprint density at radius 2 is 1.83 bits per heavy atom. The standard InChI is InChI=1S/C14H21NO3/c1-10(16)8-15(3)9-12-4-6-13(7-5-12)11(2)14(17)18/h4-7,10-11,16H,8-9H2,1-3H3,(H,17,18). The molecule has 18 heavy (non-hydrogen) atoms. The van der Waals surface area contributed by atoms with Crippen LogP contribution in [0.25, 0.3) is 0 Å². The van der Waals surface area contributed by atoms with Gasteiger partial charge in [0.15, 0.2) is 0 Å². The van der Waals surface area contributed by atoms with Crippen LogP contribution in [0.1, 0.15) is 30.9 Å². The normalized spacial score (nSPS) is 14.5. The second-order valence-corrected chi connectivity index (χ2v) is 4.85. The molecule has 4 heteroatoms. The quantitative estimate of drug-likeness (QED) is 0.807. The molecule has 2 N–H and O–H groups in total. The molecule has 4 nitrogen and oxygen atoms in total. The van der Waals surface area contributed by atoms with Crippen LogP contribution in [0.5, 0.6) is 0 Å². The van der Waals surface area contributed by atoms with Gasteiger partial charge in [-0.15, -0.1) is 0 Å². The fourth-order valence-corrected chi connectivity index (χ4v) is 1.88. The molecule has 0 aliphatic rings. The van der Waals surface area contributed by atoms with Crippen LogP contribution in [0.15, 0.2) is 24.3 Å². The van der Waals surface area contributed by atoms with Crippen LogP contribution >= 0.6 is 0 Å². The molecule has 0 aliphatic heterocycles. The van der Waals surface area contributed by atoms with Crippen LogP contribution in [0.3, 0.4) is 0 Å². The van der Waals surface area contributed by atoms with Gasteiger partial charge in [-0.2, -0.15) is 0 Å². The van der Waals surface area contributed by atoms with Crippen LogP contribution in [-0.2, 0) is 11.3 Å². The molecule has 0 bridgehead atoms. The molecule has 0 aromatic heterocycles. The zero-order chi connectivity index (χ0) is 13.7. The Bertz CT molecular complexity index is 387. The lowest BCUT2D eigenvalue weighted by atomic mass is 10.00. The predicted molar refractivity (Wildman–Crippen MR) is 70.5 cm³/mol. The van der Waals surface area contributed by atoms with Gasteiger partial charge in [-0.25, -0.2) is 0 Å². The van der Waals surface area contributed by atoms with Gasteiger partial charge in [-0.05, 0) is 32.0 Å². The SMILES string of the molecule is CC(O)CN(C)Cc1ccc(C(C)C(=O)O)cc1. The first-order chi connectivity index (χ1) is 8.40. The average molecular weight is 251 g/mol.